The number of nitrogen functional groups attached to an aromatic ring is 1. The first-order valence-corrected chi connectivity index (χ1v) is 6.26. The van der Waals surface area contributed by atoms with Crippen LogP contribution < -0.4 is 10.5 Å². The van der Waals surface area contributed by atoms with Crippen molar-refractivity contribution in [2.45, 2.75) is 0 Å². The van der Waals surface area contributed by atoms with Gasteiger partial charge in [0.15, 0.2) is 0 Å². The van der Waals surface area contributed by atoms with Crippen molar-refractivity contribution in [1.29, 1.82) is 0 Å². The molecule has 0 bridgehead atoms. The number of hydrogen-bond acceptors (Lipinski definition) is 4. The quantitative estimate of drug-likeness (QED) is 0.890. The summed E-state index contributed by atoms with van der Waals surface area (Å²) in [4.78, 5) is 14.6. The Kier molecular flexibility index (Phi) is 3.92. The molecule has 0 amide bonds. The van der Waals surface area contributed by atoms with Gasteiger partial charge in [-0.25, -0.2) is 9.78 Å². The zero-order chi connectivity index (χ0) is 14.0. The summed E-state index contributed by atoms with van der Waals surface area (Å²) in [6.07, 6.45) is 1.17. The fourth-order valence-electron chi connectivity index (χ4n) is 1.33. The molecule has 5 nitrogen and oxygen atoms in total. The van der Waals surface area contributed by atoms with Crippen LogP contribution in [0.4, 0.5) is 5.69 Å². The lowest BCUT2D eigenvalue weighted by atomic mass is 10.2. The molecule has 0 fully saturated rings. The lowest BCUT2D eigenvalue weighted by molar-refractivity contribution is 0.0696. The molecule has 0 saturated heterocycles. The van der Waals surface area contributed by atoms with Crippen molar-refractivity contribution in [2.24, 2.45) is 0 Å². The molecule has 19 heavy (non-hydrogen) atoms. The van der Waals surface area contributed by atoms with E-state index in [9.17, 15) is 4.79 Å². The second-order valence-electron chi connectivity index (χ2n) is 3.60. The molecular formula is C12H8BrClN2O3. The van der Waals surface area contributed by atoms with E-state index in [1.54, 1.807) is 18.2 Å². The van der Waals surface area contributed by atoms with E-state index in [0.29, 0.717) is 10.8 Å². The molecule has 0 aliphatic rings. The van der Waals surface area contributed by atoms with Gasteiger partial charge >= 0.3 is 5.97 Å². The highest BCUT2D eigenvalue weighted by Crippen LogP contribution is 2.33. The zero-order valence-corrected chi connectivity index (χ0v) is 11.8. The Hall–Kier alpha value is -1.79. The highest BCUT2D eigenvalue weighted by atomic mass is 79.9. The van der Waals surface area contributed by atoms with E-state index in [1.807, 2.05) is 0 Å². The Labute approximate surface area is 122 Å². The molecule has 2 aromatic rings. The number of carboxylic acids is 1. The van der Waals surface area contributed by atoms with Gasteiger partial charge in [0.2, 0.25) is 5.88 Å². The minimum absolute atomic E-state index is 0.00764. The van der Waals surface area contributed by atoms with Gasteiger partial charge in [0, 0.05) is 10.7 Å². The van der Waals surface area contributed by atoms with Gasteiger partial charge in [0.05, 0.1) is 16.3 Å². The lowest BCUT2D eigenvalue weighted by Gasteiger charge is -2.09. The van der Waals surface area contributed by atoms with Crippen LogP contribution in [0.5, 0.6) is 11.6 Å². The molecule has 1 aromatic heterocycles. The molecule has 0 spiro atoms. The van der Waals surface area contributed by atoms with Gasteiger partial charge in [-0.15, -0.1) is 0 Å². The van der Waals surface area contributed by atoms with Crippen molar-refractivity contribution < 1.29 is 14.6 Å². The van der Waals surface area contributed by atoms with E-state index in [-0.39, 0.29) is 17.1 Å². The summed E-state index contributed by atoms with van der Waals surface area (Å²) in [6.45, 7) is 0. The number of hydrogen-bond donors (Lipinski definition) is 2. The standard InChI is InChI=1S/C12H8BrClN2O3/c13-7-1-2-10(8(14)4-7)19-11-9(15)3-6(5-16-11)12(17)18/h1-5H,15H2,(H,17,18). The number of pyridine rings is 1. The van der Waals surface area contributed by atoms with Crippen molar-refractivity contribution in [3.05, 3.63) is 45.5 Å². The number of nitrogens with two attached hydrogens (primary N) is 1. The molecule has 1 aromatic carbocycles. The van der Waals surface area contributed by atoms with Crippen LogP contribution in [0.3, 0.4) is 0 Å². The molecule has 0 aliphatic carbocycles. The summed E-state index contributed by atoms with van der Waals surface area (Å²) in [7, 11) is 0. The van der Waals surface area contributed by atoms with Crippen molar-refractivity contribution in [2.75, 3.05) is 5.73 Å². The highest BCUT2D eigenvalue weighted by molar-refractivity contribution is 9.10. The van der Waals surface area contributed by atoms with E-state index in [1.165, 1.54) is 12.3 Å². The summed E-state index contributed by atoms with van der Waals surface area (Å²) < 4.78 is 6.26. The number of benzene rings is 1. The first-order valence-electron chi connectivity index (χ1n) is 5.09. The van der Waals surface area contributed by atoms with Crippen molar-refractivity contribution in [3.8, 4) is 11.6 Å². The van der Waals surface area contributed by atoms with E-state index < -0.39 is 5.97 Å². The largest absolute Gasteiger partial charge is 0.478 e. The summed E-state index contributed by atoms with van der Waals surface area (Å²) in [6, 6.07) is 6.35. The molecule has 0 saturated carbocycles. The van der Waals surface area contributed by atoms with Gasteiger partial charge < -0.3 is 15.6 Å². The number of rotatable bonds is 3. The van der Waals surface area contributed by atoms with Crippen LogP contribution in [0.15, 0.2) is 34.9 Å². The third-order valence-corrected chi connectivity index (χ3v) is 3.01. The van der Waals surface area contributed by atoms with Gasteiger partial charge in [0.1, 0.15) is 5.75 Å². The molecule has 0 radical (unpaired) electrons. The molecule has 0 aliphatic heterocycles. The minimum atomic E-state index is -1.10. The molecule has 0 atom stereocenters. The smallest absolute Gasteiger partial charge is 0.337 e. The van der Waals surface area contributed by atoms with E-state index in [0.717, 1.165) is 4.47 Å². The number of carboxylic acid groups (broad SMARTS) is 1. The van der Waals surface area contributed by atoms with Gasteiger partial charge in [-0.3, -0.25) is 0 Å². The van der Waals surface area contributed by atoms with E-state index >= 15 is 0 Å². The molecule has 0 unspecified atom stereocenters. The number of nitrogens with zero attached hydrogens (tertiary/aromatic N) is 1. The van der Waals surface area contributed by atoms with Gasteiger partial charge in [-0.2, -0.15) is 0 Å². The maximum atomic E-state index is 10.8. The van der Waals surface area contributed by atoms with E-state index in [4.69, 9.17) is 27.2 Å². The summed E-state index contributed by atoms with van der Waals surface area (Å²) in [5, 5.41) is 9.19. The topological polar surface area (TPSA) is 85.4 Å². The first-order chi connectivity index (χ1) is 8.97. The Bertz CT molecular complexity index is 649. The predicted octanol–water partition coefficient (Wildman–Crippen LogP) is 3.57. The van der Waals surface area contributed by atoms with Crippen LogP contribution in [-0.2, 0) is 0 Å². The number of halogens is 2. The number of anilines is 1. The van der Waals surface area contributed by atoms with Crippen LogP contribution in [0.2, 0.25) is 5.02 Å². The SMILES string of the molecule is Nc1cc(C(=O)O)cnc1Oc1ccc(Br)cc1Cl. The van der Waals surface area contributed by atoms with E-state index in [2.05, 4.69) is 20.9 Å². The summed E-state index contributed by atoms with van der Waals surface area (Å²) >= 11 is 9.27. The Morgan fingerprint density at radius 2 is 2.16 bits per heavy atom. The lowest BCUT2D eigenvalue weighted by Crippen LogP contribution is -2.01. The Morgan fingerprint density at radius 1 is 1.42 bits per heavy atom. The van der Waals surface area contributed by atoms with Crippen molar-refractivity contribution >= 4 is 39.2 Å². The Morgan fingerprint density at radius 3 is 2.74 bits per heavy atom. The number of ether oxygens (including phenoxy) is 1. The third kappa shape index (κ3) is 3.15. The zero-order valence-electron chi connectivity index (χ0n) is 9.43. The predicted molar refractivity (Wildman–Crippen MR) is 74.8 cm³/mol. The molecule has 3 N–H and O–H groups in total. The number of carbonyl (C=O) groups is 1. The molecular weight excluding hydrogens is 336 g/mol. The van der Waals surface area contributed by atoms with Crippen LogP contribution in [0.1, 0.15) is 10.4 Å². The molecule has 7 heteroatoms. The van der Waals surface area contributed by atoms with Gasteiger partial charge in [-0.05, 0) is 24.3 Å². The maximum absolute atomic E-state index is 10.8. The van der Waals surface area contributed by atoms with Crippen LogP contribution in [-0.4, -0.2) is 16.1 Å². The van der Waals surface area contributed by atoms with Crippen LogP contribution in [0, 0.1) is 0 Å². The molecule has 1 heterocycles. The fourth-order valence-corrected chi connectivity index (χ4v) is 2.05. The average molecular weight is 344 g/mol. The number of aromatic nitrogens is 1. The summed E-state index contributed by atoms with van der Waals surface area (Å²) in [5.74, 6) is -0.617. The fraction of sp³-hybridized carbons (Fsp3) is 0. The normalized spacial score (nSPS) is 10.2. The second-order valence-corrected chi connectivity index (χ2v) is 4.92. The molecule has 98 valence electrons. The molecule has 2 rings (SSSR count). The third-order valence-electron chi connectivity index (χ3n) is 2.23. The van der Waals surface area contributed by atoms with Crippen molar-refractivity contribution in [1.82, 2.24) is 4.98 Å². The highest BCUT2D eigenvalue weighted by Gasteiger charge is 2.11. The van der Waals surface area contributed by atoms with Crippen LogP contribution in [0.25, 0.3) is 0 Å². The van der Waals surface area contributed by atoms with Crippen molar-refractivity contribution in [3.63, 3.8) is 0 Å². The average Bonchev–Trinajstić information content (AvgIpc) is 2.34. The Balaban J connectivity index is 2.31. The maximum Gasteiger partial charge on any atom is 0.337 e. The monoisotopic (exact) mass is 342 g/mol. The minimum Gasteiger partial charge on any atom is -0.478 e. The van der Waals surface area contributed by atoms with Crippen LogP contribution >= 0.6 is 27.5 Å². The van der Waals surface area contributed by atoms with Gasteiger partial charge in [-0.1, -0.05) is 27.5 Å². The van der Waals surface area contributed by atoms with Gasteiger partial charge in [0.25, 0.3) is 0 Å². The second kappa shape index (κ2) is 5.46. The first kappa shape index (κ1) is 13.6. The number of aromatic carboxylic acids is 1. The summed E-state index contributed by atoms with van der Waals surface area (Å²) in [5.41, 5.74) is 5.80.